The van der Waals surface area contributed by atoms with Crippen molar-refractivity contribution in [3.8, 4) is 5.88 Å². The lowest BCUT2D eigenvalue weighted by Crippen LogP contribution is -2.42. The highest BCUT2D eigenvalue weighted by Gasteiger charge is 2.56. The zero-order valence-electron chi connectivity index (χ0n) is 14.9. The molecule has 0 radical (unpaired) electrons. The monoisotopic (exact) mass is 400 g/mol. The Morgan fingerprint density at radius 1 is 1.30 bits per heavy atom. The van der Waals surface area contributed by atoms with E-state index in [9.17, 15) is 8.42 Å². The number of fused-ring (bicyclic) bond motifs is 2. The molecule has 2 aliphatic heterocycles. The van der Waals surface area contributed by atoms with E-state index in [0.717, 1.165) is 0 Å². The first-order valence-electron chi connectivity index (χ1n) is 8.18. The molecule has 2 aromatic heterocycles. The summed E-state index contributed by atoms with van der Waals surface area (Å²) in [6.07, 6.45) is 0.677. The largest absolute Gasteiger partial charge is 0.479 e. The Hall–Kier alpha value is -1.90. The zero-order valence-corrected chi connectivity index (χ0v) is 15.7. The van der Waals surface area contributed by atoms with Crippen LogP contribution in [0.3, 0.4) is 0 Å². The van der Waals surface area contributed by atoms with E-state index < -0.39 is 40.5 Å². The first-order valence-corrected chi connectivity index (χ1v) is 9.73. The average molecular weight is 400 g/mol. The van der Waals surface area contributed by atoms with E-state index in [-0.39, 0.29) is 6.54 Å². The highest BCUT2D eigenvalue weighted by Crippen LogP contribution is 2.43. The summed E-state index contributed by atoms with van der Waals surface area (Å²) < 4.78 is 49.6. The second kappa shape index (κ2) is 6.32. The van der Waals surface area contributed by atoms with Crippen LogP contribution >= 0.6 is 0 Å². The Bertz CT molecular complexity index is 962. The number of nitrogens with one attached hydrogen (secondary N) is 1. The molecule has 4 atom stereocenters. The quantitative estimate of drug-likeness (QED) is 0.646. The predicted molar refractivity (Wildman–Crippen MR) is 90.7 cm³/mol. The van der Waals surface area contributed by atoms with Crippen LogP contribution in [0, 0.1) is 0 Å². The lowest BCUT2D eigenvalue weighted by Gasteiger charge is -2.24. The molecule has 148 valence electrons. The molecule has 4 heterocycles. The van der Waals surface area contributed by atoms with Crippen LogP contribution in [0.4, 0.5) is 0 Å². The fraction of sp³-hybridized carbons (Fsp3) is 0.643. The molecule has 13 heteroatoms. The number of hydrogen-bond acceptors (Lipinski definition) is 9. The third-order valence-corrected chi connectivity index (χ3v) is 4.97. The van der Waals surface area contributed by atoms with Crippen molar-refractivity contribution in [2.24, 2.45) is 5.14 Å². The van der Waals surface area contributed by atoms with Crippen LogP contribution in [0.25, 0.3) is 11.2 Å². The number of methoxy groups -OCH3 is 1. The molecule has 2 saturated heterocycles. The summed E-state index contributed by atoms with van der Waals surface area (Å²) in [4.78, 5) is 12.6. The number of aromatic nitrogens is 4. The van der Waals surface area contributed by atoms with Gasteiger partial charge in [-0.1, -0.05) is 0 Å². The first-order chi connectivity index (χ1) is 12.7. The van der Waals surface area contributed by atoms with Crippen molar-refractivity contribution in [1.82, 2.24) is 24.2 Å². The van der Waals surface area contributed by atoms with Gasteiger partial charge in [-0.3, -0.25) is 4.57 Å². The SMILES string of the molecule is COc1ncnc2c1ncn2[C@@H]1O[C@H](CNS(N)(=O)=O)[C@H]2OC(C)(C)O[C@H]21. The van der Waals surface area contributed by atoms with E-state index in [1.165, 1.54) is 13.4 Å². The summed E-state index contributed by atoms with van der Waals surface area (Å²) in [6.45, 7) is 3.51. The van der Waals surface area contributed by atoms with Crippen LogP contribution in [0.1, 0.15) is 20.1 Å². The van der Waals surface area contributed by atoms with Crippen LogP contribution in [0.5, 0.6) is 5.88 Å². The van der Waals surface area contributed by atoms with E-state index in [1.807, 2.05) is 0 Å². The van der Waals surface area contributed by atoms with Crippen LogP contribution < -0.4 is 14.6 Å². The van der Waals surface area contributed by atoms with Gasteiger partial charge in [-0.15, -0.1) is 0 Å². The van der Waals surface area contributed by atoms with Gasteiger partial charge in [0.05, 0.1) is 13.4 Å². The molecule has 0 bridgehead atoms. The molecular formula is C14H20N6O6S. The van der Waals surface area contributed by atoms with Gasteiger partial charge < -0.3 is 18.9 Å². The van der Waals surface area contributed by atoms with Crippen molar-refractivity contribution in [3.63, 3.8) is 0 Å². The third-order valence-electron chi connectivity index (χ3n) is 4.40. The fourth-order valence-electron chi connectivity index (χ4n) is 3.41. The molecule has 3 N–H and O–H groups in total. The standard InChI is InChI=1S/C14H20N6O6S/c1-14(2)25-9-7(4-19-27(15,21)22)24-13(10(9)26-14)20-6-18-8-11(20)16-5-17-12(8)23-3/h5-7,9-10,13,19H,4H2,1-3H3,(H2,15,21,22)/t7-,9-,10-,13-/m1/s1. The van der Waals surface area contributed by atoms with E-state index in [4.69, 9.17) is 24.1 Å². The lowest BCUT2D eigenvalue weighted by molar-refractivity contribution is -0.195. The summed E-state index contributed by atoms with van der Waals surface area (Å²) in [6, 6.07) is 0. The molecule has 2 aromatic rings. The van der Waals surface area contributed by atoms with Crippen molar-refractivity contribution in [2.75, 3.05) is 13.7 Å². The Kier molecular flexibility index (Phi) is 4.32. The number of ether oxygens (including phenoxy) is 4. The average Bonchev–Trinajstić information content (AvgIpc) is 3.22. The van der Waals surface area contributed by atoms with Gasteiger partial charge in [0.1, 0.15) is 24.6 Å². The van der Waals surface area contributed by atoms with Crippen LogP contribution in [0.15, 0.2) is 12.7 Å². The minimum absolute atomic E-state index is 0.0547. The van der Waals surface area contributed by atoms with E-state index in [1.54, 1.807) is 24.7 Å². The number of nitrogens with two attached hydrogens (primary N) is 1. The molecule has 0 aromatic carbocycles. The summed E-state index contributed by atoms with van der Waals surface area (Å²) >= 11 is 0. The minimum Gasteiger partial charge on any atom is -0.479 e. The molecule has 0 amide bonds. The smallest absolute Gasteiger partial charge is 0.274 e. The van der Waals surface area contributed by atoms with Crippen molar-refractivity contribution in [1.29, 1.82) is 0 Å². The summed E-state index contributed by atoms with van der Waals surface area (Å²) in [5, 5.41) is 5.03. The van der Waals surface area contributed by atoms with Crippen molar-refractivity contribution >= 4 is 21.4 Å². The molecular weight excluding hydrogens is 380 g/mol. The van der Waals surface area contributed by atoms with Gasteiger partial charge in [0, 0.05) is 6.54 Å². The molecule has 0 saturated carbocycles. The maximum atomic E-state index is 11.3. The molecule has 0 unspecified atom stereocenters. The van der Waals surface area contributed by atoms with Gasteiger partial charge in [0.2, 0.25) is 5.88 Å². The Morgan fingerprint density at radius 2 is 2.04 bits per heavy atom. The van der Waals surface area contributed by atoms with Crippen molar-refractivity contribution in [3.05, 3.63) is 12.7 Å². The third kappa shape index (κ3) is 3.37. The second-order valence-electron chi connectivity index (χ2n) is 6.73. The summed E-state index contributed by atoms with van der Waals surface area (Å²) in [7, 11) is -2.37. The van der Waals surface area contributed by atoms with E-state index >= 15 is 0 Å². The Morgan fingerprint density at radius 3 is 2.74 bits per heavy atom. The number of imidazole rings is 1. The molecule has 2 aliphatic rings. The fourth-order valence-corrected chi connectivity index (χ4v) is 3.81. The molecule has 4 rings (SSSR count). The van der Waals surface area contributed by atoms with Gasteiger partial charge >= 0.3 is 0 Å². The Labute approximate surface area is 155 Å². The summed E-state index contributed by atoms with van der Waals surface area (Å²) in [5.41, 5.74) is 0.975. The van der Waals surface area contributed by atoms with Gasteiger partial charge in [0.15, 0.2) is 23.2 Å². The van der Waals surface area contributed by atoms with Crippen molar-refractivity contribution in [2.45, 2.75) is 44.2 Å². The van der Waals surface area contributed by atoms with Crippen molar-refractivity contribution < 1.29 is 27.4 Å². The minimum atomic E-state index is -3.87. The van der Waals surface area contributed by atoms with E-state index in [2.05, 4.69) is 19.7 Å². The Balaban J connectivity index is 1.68. The maximum Gasteiger partial charge on any atom is 0.274 e. The first kappa shape index (κ1) is 18.5. The highest BCUT2D eigenvalue weighted by molar-refractivity contribution is 7.87. The zero-order chi connectivity index (χ0) is 19.4. The molecule has 2 fully saturated rings. The van der Waals surface area contributed by atoms with Gasteiger partial charge in [0.25, 0.3) is 10.2 Å². The number of rotatable bonds is 5. The summed E-state index contributed by atoms with van der Waals surface area (Å²) in [5.74, 6) is -0.509. The number of nitrogens with zero attached hydrogens (tertiary/aromatic N) is 4. The molecule has 27 heavy (non-hydrogen) atoms. The molecule has 12 nitrogen and oxygen atoms in total. The van der Waals surface area contributed by atoms with Gasteiger partial charge in [-0.05, 0) is 13.8 Å². The normalized spacial score (nSPS) is 29.9. The number of hydrogen-bond donors (Lipinski definition) is 2. The molecule has 0 spiro atoms. The molecule has 0 aliphatic carbocycles. The lowest BCUT2D eigenvalue weighted by atomic mass is 10.1. The topological polar surface area (TPSA) is 153 Å². The predicted octanol–water partition coefficient (Wildman–Crippen LogP) is -0.954. The highest BCUT2D eigenvalue weighted by atomic mass is 32.2. The van der Waals surface area contributed by atoms with Gasteiger partial charge in [-0.25, -0.2) is 15.1 Å². The van der Waals surface area contributed by atoms with Crippen LogP contribution in [-0.2, 0) is 24.4 Å². The second-order valence-corrected chi connectivity index (χ2v) is 8.11. The van der Waals surface area contributed by atoms with Gasteiger partial charge in [-0.2, -0.15) is 18.1 Å². The van der Waals surface area contributed by atoms with Crippen LogP contribution in [-0.4, -0.2) is 65.7 Å². The maximum absolute atomic E-state index is 11.3. The van der Waals surface area contributed by atoms with Crippen LogP contribution in [0.2, 0.25) is 0 Å². The van der Waals surface area contributed by atoms with E-state index in [0.29, 0.717) is 17.0 Å².